The monoisotopic (exact) mass is 402 g/mol. The first-order chi connectivity index (χ1) is 11.7. The van der Waals surface area contributed by atoms with E-state index in [0.717, 1.165) is 11.1 Å². The summed E-state index contributed by atoms with van der Waals surface area (Å²) < 4.78 is 30.9. The standard InChI is InChI=1S/C16H16Cl2N2O4S/c1-9-12-7-10(17)8-13(18)11(12)5-6-20(9)16(21)14-3-4-15(24-14)25(22,23)19-2/h3-4,7-9,19H,5-6H2,1-2H3/t9-/m1/s1. The maximum absolute atomic E-state index is 12.8. The van der Waals surface area contributed by atoms with Crippen LogP contribution in [0.2, 0.25) is 10.0 Å². The van der Waals surface area contributed by atoms with E-state index < -0.39 is 10.0 Å². The molecule has 1 N–H and O–H groups in total. The summed E-state index contributed by atoms with van der Waals surface area (Å²) >= 11 is 12.3. The molecule has 9 heteroatoms. The van der Waals surface area contributed by atoms with Gasteiger partial charge in [-0.05, 0) is 55.8 Å². The second-order valence-electron chi connectivity index (χ2n) is 5.71. The van der Waals surface area contributed by atoms with Crippen LogP contribution in [0.3, 0.4) is 0 Å². The highest BCUT2D eigenvalue weighted by molar-refractivity contribution is 7.89. The molecule has 0 aliphatic carbocycles. The second-order valence-corrected chi connectivity index (χ2v) is 8.37. The molecular weight excluding hydrogens is 387 g/mol. The van der Waals surface area contributed by atoms with Crippen molar-refractivity contribution in [1.29, 1.82) is 0 Å². The lowest BCUT2D eigenvalue weighted by molar-refractivity contribution is 0.0639. The maximum Gasteiger partial charge on any atom is 0.290 e. The molecule has 6 nitrogen and oxygen atoms in total. The summed E-state index contributed by atoms with van der Waals surface area (Å²) in [6.07, 6.45) is 0.587. The van der Waals surface area contributed by atoms with Crippen molar-refractivity contribution >= 4 is 39.1 Å². The summed E-state index contributed by atoms with van der Waals surface area (Å²) in [6.45, 7) is 2.32. The molecule has 1 aliphatic rings. The summed E-state index contributed by atoms with van der Waals surface area (Å²) in [5.41, 5.74) is 1.85. The van der Waals surface area contributed by atoms with Crippen LogP contribution in [0.1, 0.15) is 34.6 Å². The molecule has 0 bridgehead atoms. The van der Waals surface area contributed by atoms with Gasteiger partial charge in [-0.25, -0.2) is 13.1 Å². The van der Waals surface area contributed by atoms with Crippen LogP contribution in [0, 0.1) is 0 Å². The van der Waals surface area contributed by atoms with Gasteiger partial charge in [-0.2, -0.15) is 0 Å². The molecular formula is C16H16Cl2N2O4S. The Labute approximate surface area is 155 Å². The molecule has 0 fully saturated rings. The number of sulfonamides is 1. The second kappa shape index (κ2) is 6.64. The molecule has 25 heavy (non-hydrogen) atoms. The van der Waals surface area contributed by atoms with Crippen LogP contribution in [0.4, 0.5) is 0 Å². The van der Waals surface area contributed by atoms with Crippen LogP contribution < -0.4 is 4.72 Å². The van der Waals surface area contributed by atoms with Gasteiger partial charge in [0.1, 0.15) is 0 Å². The molecule has 1 aromatic carbocycles. The van der Waals surface area contributed by atoms with Gasteiger partial charge >= 0.3 is 0 Å². The Kier molecular flexibility index (Phi) is 4.85. The number of halogens is 2. The summed E-state index contributed by atoms with van der Waals surface area (Å²) in [5.74, 6) is -0.413. The van der Waals surface area contributed by atoms with Gasteiger partial charge in [0.05, 0.1) is 6.04 Å². The van der Waals surface area contributed by atoms with E-state index in [9.17, 15) is 13.2 Å². The van der Waals surface area contributed by atoms with E-state index in [1.165, 1.54) is 19.2 Å². The Morgan fingerprint density at radius 3 is 2.72 bits per heavy atom. The van der Waals surface area contributed by atoms with Crippen molar-refractivity contribution in [2.24, 2.45) is 0 Å². The highest BCUT2D eigenvalue weighted by Gasteiger charge is 2.32. The average molecular weight is 403 g/mol. The van der Waals surface area contributed by atoms with Crippen LogP contribution in [-0.2, 0) is 16.4 Å². The van der Waals surface area contributed by atoms with E-state index in [-0.39, 0.29) is 22.8 Å². The van der Waals surface area contributed by atoms with Gasteiger partial charge in [0.2, 0.25) is 5.09 Å². The van der Waals surface area contributed by atoms with Crippen LogP contribution in [0.15, 0.2) is 33.8 Å². The number of rotatable bonds is 3. The van der Waals surface area contributed by atoms with Gasteiger partial charge in [-0.3, -0.25) is 4.79 Å². The third kappa shape index (κ3) is 3.29. The number of amides is 1. The first-order valence-corrected chi connectivity index (χ1v) is 9.80. The lowest BCUT2D eigenvalue weighted by Gasteiger charge is -2.35. The fourth-order valence-corrected chi connectivity index (χ4v) is 4.20. The summed E-state index contributed by atoms with van der Waals surface area (Å²) in [6, 6.07) is 5.84. The fourth-order valence-electron chi connectivity index (χ4n) is 2.95. The molecule has 1 aromatic heterocycles. The molecule has 1 atom stereocenters. The van der Waals surface area contributed by atoms with Gasteiger partial charge in [0.15, 0.2) is 5.76 Å². The van der Waals surface area contributed by atoms with E-state index in [2.05, 4.69) is 4.72 Å². The van der Waals surface area contributed by atoms with Crippen molar-refractivity contribution < 1.29 is 17.6 Å². The maximum atomic E-state index is 12.8. The van der Waals surface area contributed by atoms with Gasteiger partial charge in [-0.15, -0.1) is 0 Å². The molecule has 0 saturated heterocycles. The Balaban J connectivity index is 1.91. The van der Waals surface area contributed by atoms with Crippen molar-refractivity contribution in [2.75, 3.05) is 13.6 Å². The Bertz CT molecular complexity index is 940. The van der Waals surface area contributed by atoms with E-state index in [1.807, 2.05) is 6.92 Å². The van der Waals surface area contributed by atoms with Crippen molar-refractivity contribution in [3.63, 3.8) is 0 Å². The molecule has 0 unspecified atom stereocenters. The zero-order valence-electron chi connectivity index (χ0n) is 13.5. The highest BCUT2D eigenvalue weighted by Crippen LogP contribution is 2.36. The number of carbonyl (C=O) groups is 1. The van der Waals surface area contributed by atoms with Gasteiger partial charge in [0.25, 0.3) is 15.9 Å². The number of benzene rings is 1. The highest BCUT2D eigenvalue weighted by atomic mass is 35.5. The molecule has 2 heterocycles. The predicted molar refractivity (Wildman–Crippen MR) is 94.6 cm³/mol. The Morgan fingerprint density at radius 2 is 2.04 bits per heavy atom. The number of hydrogen-bond acceptors (Lipinski definition) is 4. The van der Waals surface area contributed by atoms with Crippen LogP contribution in [-0.4, -0.2) is 32.8 Å². The SMILES string of the molecule is CNS(=O)(=O)c1ccc(C(=O)N2CCc3c(Cl)cc(Cl)cc3[C@H]2C)o1. The number of furan rings is 1. The molecule has 0 saturated carbocycles. The Morgan fingerprint density at radius 1 is 1.32 bits per heavy atom. The van der Waals surface area contributed by atoms with Crippen LogP contribution >= 0.6 is 23.2 Å². The summed E-state index contributed by atoms with van der Waals surface area (Å²) in [5, 5.41) is 0.793. The largest absolute Gasteiger partial charge is 0.438 e. The van der Waals surface area contributed by atoms with Gasteiger partial charge in [-0.1, -0.05) is 23.2 Å². The predicted octanol–water partition coefficient (Wildman–Crippen LogP) is 3.25. The van der Waals surface area contributed by atoms with Gasteiger partial charge in [0, 0.05) is 16.6 Å². The average Bonchev–Trinajstić information content (AvgIpc) is 3.06. The summed E-state index contributed by atoms with van der Waals surface area (Å²) in [7, 11) is -2.46. The van der Waals surface area contributed by atoms with Crippen LogP contribution in [0.25, 0.3) is 0 Å². The van der Waals surface area contributed by atoms with Crippen molar-refractivity contribution in [3.05, 3.63) is 51.2 Å². The molecule has 0 spiro atoms. The normalized spacial score (nSPS) is 17.4. The third-order valence-electron chi connectivity index (χ3n) is 4.30. The van der Waals surface area contributed by atoms with Crippen molar-refractivity contribution in [3.8, 4) is 0 Å². The summed E-state index contributed by atoms with van der Waals surface area (Å²) in [4.78, 5) is 14.4. The van der Waals surface area contributed by atoms with E-state index in [1.54, 1.807) is 17.0 Å². The minimum absolute atomic E-state index is 0.0303. The van der Waals surface area contributed by atoms with Crippen LogP contribution in [0.5, 0.6) is 0 Å². The zero-order valence-corrected chi connectivity index (χ0v) is 15.9. The minimum atomic E-state index is -3.74. The number of nitrogens with one attached hydrogen (secondary N) is 1. The third-order valence-corrected chi connectivity index (χ3v) is 6.14. The number of nitrogens with zero attached hydrogens (tertiary/aromatic N) is 1. The van der Waals surface area contributed by atoms with Crippen molar-refractivity contribution in [1.82, 2.24) is 9.62 Å². The zero-order chi connectivity index (χ0) is 18.4. The van der Waals surface area contributed by atoms with E-state index in [4.69, 9.17) is 27.6 Å². The minimum Gasteiger partial charge on any atom is -0.438 e. The lowest BCUT2D eigenvalue weighted by atomic mass is 9.93. The molecule has 1 aliphatic heterocycles. The smallest absolute Gasteiger partial charge is 0.290 e. The molecule has 3 rings (SSSR count). The molecule has 2 aromatic rings. The number of carbonyl (C=O) groups excluding carboxylic acids is 1. The topological polar surface area (TPSA) is 79.6 Å². The number of hydrogen-bond donors (Lipinski definition) is 1. The van der Waals surface area contributed by atoms with Crippen molar-refractivity contribution in [2.45, 2.75) is 24.5 Å². The molecule has 0 radical (unpaired) electrons. The first-order valence-electron chi connectivity index (χ1n) is 7.56. The number of fused-ring (bicyclic) bond motifs is 1. The molecule has 1 amide bonds. The fraction of sp³-hybridized carbons (Fsp3) is 0.312. The lowest BCUT2D eigenvalue weighted by Crippen LogP contribution is -2.38. The Hall–Kier alpha value is -1.54. The quantitative estimate of drug-likeness (QED) is 0.853. The van der Waals surface area contributed by atoms with E-state index in [0.29, 0.717) is 23.0 Å². The first kappa shape index (κ1) is 18.3. The van der Waals surface area contributed by atoms with E-state index >= 15 is 0 Å². The van der Waals surface area contributed by atoms with Gasteiger partial charge < -0.3 is 9.32 Å². The molecule has 134 valence electrons.